The van der Waals surface area contributed by atoms with Crippen LogP contribution in [-0.2, 0) is 32.5 Å². The number of nitrogens with zero attached hydrogens (tertiary/aromatic N) is 3. The summed E-state index contributed by atoms with van der Waals surface area (Å²) in [6.45, 7) is 9.30. The number of aliphatic imine (C=N–C) groups is 1. The number of hydrogen-bond donors (Lipinski definition) is 2. The minimum absolute atomic E-state index is 0. The van der Waals surface area contributed by atoms with Crippen LogP contribution < -0.4 is 10.6 Å². The number of rotatable bonds is 9. The lowest BCUT2D eigenvalue weighted by atomic mass is 10.1. The molecule has 1 heterocycles. The molecule has 0 bridgehead atoms. The van der Waals surface area contributed by atoms with E-state index >= 15 is 0 Å². The van der Waals surface area contributed by atoms with Crippen LogP contribution in [0.1, 0.15) is 48.9 Å². The molecule has 2 N–H and O–H groups in total. The minimum atomic E-state index is 0. The van der Waals surface area contributed by atoms with Crippen LogP contribution in [0.2, 0.25) is 0 Å². The maximum Gasteiger partial charge on any atom is 0.191 e. The topological polar surface area (TPSA) is 65.7 Å². The van der Waals surface area contributed by atoms with Crippen LogP contribution in [0.4, 0.5) is 0 Å². The van der Waals surface area contributed by atoms with Crippen molar-refractivity contribution < 1.29 is 4.52 Å². The highest BCUT2D eigenvalue weighted by atomic mass is 127. The lowest BCUT2D eigenvalue weighted by Gasteiger charge is -2.15. The number of guanidine groups is 1. The van der Waals surface area contributed by atoms with Crippen LogP contribution in [0.25, 0.3) is 0 Å². The highest BCUT2D eigenvalue weighted by molar-refractivity contribution is 14.0. The van der Waals surface area contributed by atoms with E-state index in [4.69, 9.17) is 9.52 Å². The maximum absolute atomic E-state index is 5.46. The fraction of sp³-hybridized carbons (Fsp3) is 0.524. The van der Waals surface area contributed by atoms with Crippen molar-refractivity contribution in [2.45, 2.75) is 53.2 Å². The average molecular weight is 499 g/mol. The summed E-state index contributed by atoms with van der Waals surface area (Å²) in [7, 11) is 4.17. The van der Waals surface area contributed by atoms with E-state index in [1.165, 1.54) is 11.1 Å². The standard InChI is InChI=1S/C21H33N5O.HI/c1-6-19-18(20(7-2)27-25-19)14-24-21(22-8-3)23-13-16-11-9-10-12-17(16)15-26(4)5;/h9-12H,6-8,13-15H2,1-5H3,(H2,22,23,24);1H. The quantitative estimate of drug-likeness (QED) is 0.313. The second-order valence-electron chi connectivity index (χ2n) is 6.79. The predicted molar refractivity (Wildman–Crippen MR) is 126 cm³/mol. The lowest BCUT2D eigenvalue weighted by Crippen LogP contribution is -2.37. The van der Waals surface area contributed by atoms with Crippen molar-refractivity contribution in [1.29, 1.82) is 0 Å². The first kappa shape index (κ1) is 24.4. The van der Waals surface area contributed by atoms with Crippen molar-refractivity contribution >= 4 is 29.9 Å². The van der Waals surface area contributed by atoms with Gasteiger partial charge < -0.3 is 20.1 Å². The van der Waals surface area contributed by atoms with Crippen molar-refractivity contribution in [3.63, 3.8) is 0 Å². The number of aromatic nitrogens is 1. The van der Waals surface area contributed by atoms with E-state index in [2.05, 4.69) is 79.8 Å². The van der Waals surface area contributed by atoms with Crippen molar-refractivity contribution in [1.82, 2.24) is 20.7 Å². The van der Waals surface area contributed by atoms with E-state index < -0.39 is 0 Å². The van der Waals surface area contributed by atoms with Crippen molar-refractivity contribution in [2.75, 3.05) is 20.6 Å². The zero-order valence-corrected chi connectivity index (χ0v) is 20.0. The number of nitrogens with one attached hydrogen (secondary N) is 2. The summed E-state index contributed by atoms with van der Waals surface area (Å²) in [6.07, 6.45) is 1.71. The summed E-state index contributed by atoms with van der Waals surface area (Å²) >= 11 is 0. The van der Waals surface area contributed by atoms with E-state index in [0.717, 1.165) is 48.9 Å². The largest absolute Gasteiger partial charge is 0.361 e. The third-order valence-electron chi connectivity index (χ3n) is 4.40. The molecule has 0 aliphatic carbocycles. The van der Waals surface area contributed by atoms with E-state index in [-0.39, 0.29) is 24.0 Å². The highest BCUT2D eigenvalue weighted by Gasteiger charge is 2.13. The summed E-state index contributed by atoms with van der Waals surface area (Å²) in [5.74, 6) is 1.76. The molecule has 0 amide bonds. The maximum atomic E-state index is 5.46. The Hall–Kier alpha value is -1.61. The van der Waals surface area contributed by atoms with Gasteiger partial charge in [-0.25, -0.2) is 4.99 Å². The average Bonchev–Trinajstić information content (AvgIpc) is 3.06. The molecular formula is C21H34IN5O. The number of hydrogen-bond acceptors (Lipinski definition) is 4. The first-order valence-electron chi connectivity index (χ1n) is 9.78. The molecule has 0 aliphatic rings. The van der Waals surface area contributed by atoms with Crippen LogP contribution in [0, 0.1) is 0 Å². The smallest absolute Gasteiger partial charge is 0.191 e. The van der Waals surface area contributed by atoms with Crippen molar-refractivity contribution in [2.24, 2.45) is 4.99 Å². The lowest BCUT2D eigenvalue weighted by molar-refractivity contribution is 0.380. The molecule has 0 unspecified atom stereocenters. The second-order valence-corrected chi connectivity index (χ2v) is 6.79. The van der Waals surface area contributed by atoms with Gasteiger partial charge in [0.1, 0.15) is 5.76 Å². The third kappa shape index (κ3) is 7.09. The normalized spacial score (nSPS) is 11.4. The Morgan fingerprint density at radius 1 is 1.07 bits per heavy atom. The van der Waals surface area contributed by atoms with E-state index in [0.29, 0.717) is 13.1 Å². The molecule has 0 aliphatic heterocycles. The molecule has 6 nitrogen and oxygen atoms in total. The van der Waals surface area contributed by atoms with Gasteiger partial charge in [-0.3, -0.25) is 0 Å². The highest BCUT2D eigenvalue weighted by Crippen LogP contribution is 2.15. The zero-order chi connectivity index (χ0) is 19.6. The van der Waals surface area contributed by atoms with Gasteiger partial charge in [-0.05, 0) is 38.6 Å². The second kappa shape index (κ2) is 12.8. The van der Waals surface area contributed by atoms with E-state index in [1.807, 2.05) is 0 Å². The molecule has 0 saturated heterocycles. The molecule has 7 heteroatoms. The third-order valence-corrected chi connectivity index (χ3v) is 4.40. The molecule has 0 radical (unpaired) electrons. The van der Waals surface area contributed by atoms with Gasteiger partial charge in [0, 0.05) is 31.6 Å². The Kier molecular flexibility index (Phi) is 11.1. The monoisotopic (exact) mass is 499 g/mol. The zero-order valence-electron chi connectivity index (χ0n) is 17.7. The summed E-state index contributed by atoms with van der Waals surface area (Å²) in [5.41, 5.74) is 4.73. The molecule has 1 aromatic carbocycles. The predicted octanol–water partition coefficient (Wildman–Crippen LogP) is 3.73. The Morgan fingerprint density at radius 3 is 2.39 bits per heavy atom. The van der Waals surface area contributed by atoms with E-state index in [9.17, 15) is 0 Å². The van der Waals surface area contributed by atoms with Gasteiger partial charge in [-0.1, -0.05) is 43.3 Å². The Morgan fingerprint density at radius 2 is 1.79 bits per heavy atom. The van der Waals surface area contributed by atoms with Crippen molar-refractivity contribution in [3.8, 4) is 0 Å². The molecule has 0 saturated carbocycles. The summed E-state index contributed by atoms with van der Waals surface area (Å²) in [4.78, 5) is 6.96. The molecule has 0 fully saturated rings. The van der Waals surface area contributed by atoms with Gasteiger partial charge in [0.05, 0.1) is 12.2 Å². The fourth-order valence-corrected chi connectivity index (χ4v) is 3.02. The molecular weight excluding hydrogens is 465 g/mol. The van der Waals surface area contributed by atoms with Crippen LogP contribution in [0.5, 0.6) is 0 Å². The van der Waals surface area contributed by atoms with Gasteiger partial charge in [0.2, 0.25) is 0 Å². The van der Waals surface area contributed by atoms with Crippen LogP contribution >= 0.6 is 24.0 Å². The number of aryl methyl sites for hydroxylation is 2. The van der Waals surface area contributed by atoms with Crippen LogP contribution in [0.15, 0.2) is 33.8 Å². The molecule has 1 aromatic heterocycles. The van der Waals surface area contributed by atoms with Gasteiger partial charge in [-0.15, -0.1) is 24.0 Å². The van der Waals surface area contributed by atoms with Crippen molar-refractivity contribution in [3.05, 3.63) is 52.4 Å². The van der Waals surface area contributed by atoms with Gasteiger partial charge >= 0.3 is 0 Å². The van der Waals surface area contributed by atoms with Gasteiger partial charge in [0.15, 0.2) is 5.96 Å². The molecule has 156 valence electrons. The number of halogens is 1. The first-order valence-corrected chi connectivity index (χ1v) is 9.78. The van der Waals surface area contributed by atoms with Crippen LogP contribution in [0.3, 0.4) is 0 Å². The van der Waals surface area contributed by atoms with E-state index in [1.54, 1.807) is 0 Å². The van der Waals surface area contributed by atoms with Gasteiger partial charge in [-0.2, -0.15) is 0 Å². The minimum Gasteiger partial charge on any atom is -0.361 e. The summed E-state index contributed by atoms with van der Waals surface area (Å²) < 4.78 is 5.46. The molecule has 28 heavy (non-hydrogen) atoms. The molecule has 2 rings (SSSR count). The fourth-order valence-electron chi connectivity index (χ4n) is 3.02. The molecule has 0 spiro atoms. The summed E-state index contributed by atoms with van der Waals surface area (Å²) in [6, 6.07) is 8.47. The number of benzene rings is 1. The Bertz CT molecular complexity index is 721. The SMILES string of the molecule is CCNC(=NCc1ccccc1CN(C)C)NCc1c(CC)noc1CC.I. The summed E-state index contributed by atoms with van der Waals surface area (Å²) in [5, 5.41) is 10.9. The molecule has 2 aromatic rings. The van der Waals surface area contributed by atoms with Crippen LogP contribution in [-0.4, -0.2) is 36.7 Å². The molecule has 0 atom stereocenters. The Balaban J connectivity index is 0.00000392. The Labute approximate surface area is 186 Å². The van der Waals surface area contributed by atoms with Gasteiger partial charge in [0.25, 0.3) is 0 Å². The first-order chi connectivity index (χ1) is 13.1.